The predicted molar refractivity (Wildman–Crippen MR) is 83.3 cm³/mol. The van der Waals surface area contributed by atoms with E-state index in [0.29, 0.717) is 0 Å². The third kappa shape index (κ3) is 2.57. The fourth-order valence-electron chi connectivity index (χ4n) is 2.27. The molecule has 3 aromatic rings. The Kier molecular flexibility index (Phi) is 3.29. The van der Waals surface area contributed by atoms with Gasteiger partial charge in [0.25, 0.3) is 0 Å². The van der Waals surface area contributed by atoms with Crippen LogP contribution >= 0.6 is 0 Å². The van der Waals surface area contributed by atoms with Crippen molar-refractivity contribution in [3.63, 3.8) is 0 Å². The van der Waals surface area contributed by atoms with E-state index < -0.39 is 0 Å². The lowest BCUT2D eigenvalue weighted by Gasteiger charge is -2.19. The Labute approximate surface area is 124 Å². The highest BCUT2D eigenvalue weighted by Gasteiger charge is 2.25. The summed E-state index contributed by atoms with van der Waals surface area (Å²) < 4.78 is 2.09. The number of hydrogen-bond acceptors (Lipinski definition) is 3. The third-order valence-electron chi connectivity index (χ3n) is 3.27. The maximum Gasteiger partial charge on any atom is 0.168 e. The summed E-state index contributed by atoms with van der Waals surface area (Å²) >= 11 is 0. The summed E-state index contributed by atoms with van der Waals surface area (Å²) in [5.74, 6) is 1.77. The van der Waals surface area contributed by atoms with E-state index in [2.05, 4.69) is 40.5 Å². The SMILES string of the molecule is CC(C)(C)c1nnc(-c2ccccc2)n1-c1cccnc1. The molecule has 4 heteroatoms. The highest BCUT2D eigenvalue weighted by atomic mass is 15.3. The van der Waals surface area contributed by atoms with Crippen molar-refractivity contribution in [2.75, 3.05) is 0 Å². The Hall–Kier alpha value is -2.49. The van der Waals surface area contributed by atoms with Gasteiger partial charge in [0, 0.05) is 17.2 Å². The molecule has 0 fully saturated rings. The van der Waals surface area contributed by atoms with Crippen molar-refractivity contribution in [3.8, 4) is 17.1 Å². The highest BCUT2D eigenvalue weighted by Crippen LogP contribution is 2.28. The van der Waals surface area contributed by atoms with Crippen molar-refractivity contribution in [2.45, 2.75) is 26.2 Å². The van der Waals surface area contributed by atoms with E-state index in [1.165, 1.54) is 0 Å². The summed E-state index contributed by atoms with van der Waals surface area (Å²) in [5, 5.41) is 8.84. The van der Waals surface area contributed by atoms with Crippen LogP contribution in [0.1, 0.15) is 26.6 Å². The summed E-state index contributed by atoms with van der Waals surface area (Å²) in [6.07, 6.45) is 3.61. The monoisotopic (exact) mass is 278 g/mol. The topological polar surface area (TPSA) is 43.6 Å². The molecule has 1 aromatic carbocycles. The Bertz CT molecular complexity index is 724. The molecule has 21 heavy (non-hydrogen) atoms. The van der Waals surface area contributed by atoms with Gasteiger partial charge in [-0.1, -0.05) is 51.1 Å². The van der Waals surface area contributed by atoms with Crippen molar-refractivity contribution in [2.24, 2.45) is 0 Å². The summed E-state index contributed by atoms with van der Waals surface area (Å²) in [5.41, 5.74) is 1.92. The van der Waals surface area contributed by atoms with E-state index in [1.54, 1.807) is 6.20 Å². The Morgan fingerprint density at radius 3 is 2.29 bits per heavy atom. The fraction of sp³-hybridized carbons (Fsp3) is 0.235. The van der Waals surface area contributed by atoms with E-state index in [4.69, 9.17) is 0 Å². The average Bonchev–Trinajstić information content (AvgIpc) is 2.94. The molecule has 0 unspecified atom stereocenters. The second-order valence-corrected chi connectivity index (χ2v) is 6.01. The number of aromatic nitrogens is 4. The summed E-state index contributed by atoms with van der Waals surface area (Å²) in [4.78, 5) is 4.22. The molecule has 0 aliphatic carbocycles. The van der Waals surface area contributed by atoms with Crippen LogP contribution in [0.25, 0.3) is 17.1 Å². The van der Waals surface area contributed by atoms with Crippen LogP contribution in [0.15, 0.2) is 54.9 Å². The van der Waals surface area contributed by atoms with E-state index in [0.717, 1.165) is 22.9 Å². The summed E-state index contributed by atoms with van der Waals surface area (Å²) in [7, 11) is 0. The van der Waals surface area contributed by atoms with Gasteiger partial charge in [-0.25, -0.2) is 0 Å². The predicted octanol–water partition coefficient (Wildman–Crippen LogP) is 3.63. The van der Waals surface area contributed by atoms with Crippen molar-refractivity contribution in [3.05, 3.63) is 60.7 Å². The van der Waals surface area contributed by atoms with Crippen LogP contribution in [0.3, 0.4) is 0 Å². The largest absolute Gasteiger partial charge is 0.277 e. The molecule has 0 aliphatic heterocycles. The fourth-order valence-corrected chi connectivity index (χ4v) is 2.27. The molecule has 3 rings (SSSR count). The second kappa shape index (κ2) is 5.13. The molecular weight excluding hydrogens is 260 g/mol. The number of benzene rings is 1. The number of hydrogen-bond donors (Lipinski definition) is 0. The molecule has 0 aliphatic rings. The van der Waals surface area contributed by atoms with Crippen molar-refractivity contribution in [1.29, 1.82) is 0 Å². The number of nitrogens with zero attached hydrogens (tertiary/aromatic N) is 4. The molecule has 0 spiro atoms. The molecular formula is C17H18N4. The van der Waals surface area contributed by atoms with Gasteiger partial charge in [-0.3, -0.25) is 9.55 Å². The zero-order valence-corrected chi connectivity index (χ0v) is 12.5. The number of pyridine rings is 1. The van der Waals surface area contributed by atoms with Gasteiger partial charge in [0.2, 0.25) is 0 Å². The molecule has 106 valence electrons. The first kappa shape index (κ1) is 13.5. The number of rotatable bonds is 2. The van der Waals surface area contributed by atoms with E-state index in [9.17, 15) is 0 Å². The Morgan fingerprint density at radius 2 is 1.67 bits per heavy atom. The van der Waals surface area contributed by atoms with Crippen molar-refractivity contribution in [1.82, 2.24) is 19.7 Å². The van der Waals surface area contributed by atoms with Crippen LogP contribution < -0.4 is 0 Å². The normalized spacial score (nSPS) is 11.6. The van der Waals surface area contributed by atoms with Crippen LogP contribution in [-0.4, -0.2) is 19.7 Å². The summed E-state index contributed by atoms with van der Waals surface area (Å²) in [6, 6.07) is 14.1. The Morgan fingerprint density at radius 1 is 0.905 bits per heavy atom. The molecule has 0 saturated heterocycles. The zero-order valence-electron chi connectivity index (χ0n) is 12.5. The van der Waals surface area contributed by atoms with Gasteiger partial charge in [-0.15, -0.1) is 10.2 Å². The molecule has 0 atom stereocenters. The molecule has 0 bridgehead atoms. The standard InChI is InChI=1S/C17H18N4/c1-17(2,3)16-20-19-15(13-8-5-4-6-9-13)21(16)14-10-7-11-18-12-14/h4-12H,1-3H3. The van der Waals surface area contributed by atoms with Gasteiger partial charge in [0.1, 0.15) is 5.82 Å². The Balaban J connectivity index is 2.26. The lowest BCUT2D eigenvalue weighted by molar-refractivity contribution is 0.533. The minimum Gasteiger partial charge on any atom is -0.277 e. The van der Waals surface area contributed by atoms with Crippen LogP contribution in [0, 0.1) is 0 Å². The molecule has 0 saturated carbocycles. The van der Waals surface area contributed by atoms with Gasteiger partial charge >= 0.3 is 0 Å². The minimum absolute atomic E-state index is 0.101. The second-order valence-electron chi connectivity index (χ2n) is 6.01. The quantitative estimate of drug-likeness (QED) is 0.719. The maximum absolute atomic E-state index is 4.43. The van der Waals surface area contributed by atoms with E-state index in [-0.39, 0.29) is 5.41 Å². The van der Waals surface area contributed by atoms with Crippen molar-refractivity contribution < 1.29 is 0 Å². The maximum atomic E-state index is 4.43. The molecule has 2 heterocycles. The van der Waals surface area contributed by atoms with Gasteiger partial charge in [-0.05, 0) is 12.1 Å². The first-order valence-electron chi connectivity index (χ1n) is 6.99. The molecule has 0 radical (unpaired) electrons. The van der Waals surface area contributed by atoms with E-state index in [1.807, 2.05) is 48.7 Å². The summed E-state index contributed by atoms with van der Waals surface area (Å²) in [6.45, 7) is 6.41. The van der Waals surface area contributed by atoms with Crippen LogP contribution in [0.2, 0.25) is 0 Å². The first-order chi connectivity index (χ1) is 10.1. The molecule has 2 aromatic heterocycles. The highest BCUT2D eigenvalue weighted by molar-refractivity contribution is 5.58. The first-order valence-corrected chi connectivity index (χ1v) is 6.99. The molecule has 0 amide bonds. The minimum atomic E-state index is -0.101. The van der Waals surface area contributed by atoms with Gasteiger partial charge in [0.15, 0.2) is 5.82 Å². The lowest BCUT2D eigenvalue weighted by Crippen LogP contribution is -2.18. The van der Waals surface area contributed by atoms with E-state index >= 15 is 0 Å². The smallest absolute Gasteiger partial charge is 0.168 e. The van der Waals surface area contributed by atoms with Crippen LogP contribution in [-0.2, 0) is 5.41 Å². The molecule has 4 nitrogen and oxygen atoms in total. The zero-order chi connectivity index (χ0) is 14.9. The van der Waals surface area contributed by atoms with Gasteiger partial charge < -0.3 is 0 Å². The van der Waals surface area contributed by atoms with Gasteiger partial charge in [0.05, 0.1) is 11.9 Å². The van der Waals surface area contributed by atoms with Crippen LogP contribution in [0.5, 0.6) is 0 Å². The average molecular weight is 278 g/mol. The molecule has 0 N–H and O–H groups in total. The third-order valence-corrected chi connectivity index (χ3v) is 3.27. The lowest BCUT2D eigenvalue weighted by atomic mass is 9.95. The van der Waals surface area contributed by atoms with Crippen molar-refractivity contribution >= 4 is 0 Å². The van der Waals surface area contributed by atoms with Gasteiger partial charge in [-0.2, -0.15) is 0 Å². The van der Waals surface area contributed by atoms with Crippen LogP contribution in [0.4, 0.5) is 0 Å².